The zero-order chi connectivity index (χ0) is 18.6. The van der Waals surface area contributed by atoms with E-state index in [1.165, 1.54) is 28.8 Å². The lowest BCUT2D eigenvalue weighted by Gasteiger charge is -2.18. The molecule has 25 heavy (non-hydrogen) atoms. The molecular weight excluding hydrogens is 343 g/mol. The molecule has 0 spiro atoms. The van der Waals surface area contributed by atoms with Crippen LogP contribution in [0, 0.1) is 5.82 Å². The van der Waals surface area contributed by atoms with Crippen molar-refractivity contribution in [2.75, 3.05) is 19.8 Å². The predicted molar refractivity (Wildman–Crippen MR) is 94.5 cm³/mol. The molecule has 1 aromatic heterocycles. The summed E-state index contributed by atoms with van der Waals surface area (Å²) in [6, 6.07) is 6.23. The van der Waals surface area contributed by atoms with E-state index in [0.29, 0.717) is 5.16 Å². The van der Waals surface area contributed by atoms with Gasteiger partial charge in [0.05, 0.1) is 26.0 Å². The van der Waals surface area contributed by atoms with Gasteiger partial charge in [0.25, 0.3) is 0 Å². The number of aromatic nitrogens is 3. The second kappa shape index (κ2) is 8.44. The fourth-order valence-electron chi connectivity index (χ4n) is 2.17. The highest BCUT2D eigenvalue weighted by Gasteiger charge is 2.24. The highest BCUT2D eigenvalue weighted by Crippen LogP contribution is 2.24. The lowest BCUT2D eigenvalue weighted by molar-refractivity contribution is -0.890. The molecule has 0 saturated carbocycles. The van der Waals surface area contributed by atoms with Crippen molar-refractivity contribution < 1.29 is 18.8 Å². The van der Waals surface area contributed by atoms with Crippen molar-refractivity contribution in [3.8, 4) is 5.69 Å². The van der Waals surface area contributed by atoms with E-state index < -0.39 is 0 Å². The first-order valence-corrected chi connectivity index (χ1v) is 9.11. The maximum Gasteiger partial charge on any atom is 0.316 e. The van der Waals surface area contributed by atoms with Crippen molar-refractivity contribution in [1.29, 1.82) is 0 Å². The second-order valence-electron chi connectivity index (χ2n) is 6.28. The Balaban J connectivity index is 2.33. The Morgan fingerprint density at radius 2 is 1.88 bits per heavy atom. The fraction of sp³-hybridized carbons (Fsp3) is 0.471. The molecule has 1 N–H and O–H groups in total. The van der Waals surface area contributed by atoms with Gasteiger partial charge < -0.3 is 9.64 Å². The van der Waals surface area contributed by atoms with E-state index in [9.17, 15) is 9.18 Å². The number of carbonyl (C=O) groups is 1. The number of ether oxygens (including phenoxy) is 1. The maximum atomic E-state index is 13.3. The van der Waals surface area contributed by atoms with Gasteiger partial charge >= 0.3 is 5.97 Å². The monoisotopic (exact) mass is 367 g/mol. The Morgan fingerprint density at radius 3 is 2.44 bits per heavy atom. The first kappa shape index (κ1) is 19.4. The van der Waals surface area contributed by atoms with Crippen molar-refractivity contribution in [3.05, 3.63) is 35.9 Å². The summed E-state index contributed by atoms with van der Waals surface area (Å²) in [5.74, 6) is 0.285. The third-order valence-corrected chi connectivity index (χ3v) is 4.59. The van der Waals surface area contributed by atoms with Crippen LogP contribution in [0.5, 0.6) is 0 Å². The van der Waals surface area contributed by atoms with Crippen molar-refractivity contribution in [3.63, 3.8) is 0 Å². The Hall–Kier alpha value is -1.93. The quantitative estimate of drug-likeness (QED) is 0.596. The van der Waals surface area contributed by atoms with Gasteiger partial charge in [-0.25, -0.2) is 4.39 Å². The predicted octanol–water partition coefficient (Wildman–Crippen LogP) is 1.66. The number of esters is 1. The van der Waals surface area contributed by atoms with E-state index >= 15 is 0 Å². The molecule has 1 aromatic carbocycles. The van der Waals surface area contributed by atoms with Crippen molar-refractivity contribution in [2.24, 2.45) is 0 Å². The molecule has 136 valence electrons. The van der Waals surface area contributed by atoms with Crippen molar-refractivity contribution in [2.45, 2.75) is 38.1 Å². The molecule has 0 aliphatic heterocycles. The minimum atomic E-state index is -0.306. The van der Waals surface area contributed by atoms with Crippen molar-refractivity contribution >= 4 is 17.7 Å². The van der Waals surface area contributed by atoms with Crippen LogP contribution in [0.2, 0.25) is 0 Å². The smallest absolute Gasteiger partial charge is 0.316 e. The summed E-state index contributed by atoms with van der Waals surface area (Å²) in [5.41, 5.74) is 0.759. The molecule has 0 saturated heterocycles. The summed E-state index contributed by atoms with van der Waals surface area (Å²) in [4.78, 5) is 13.0. The van der Waals surface area contributed by atoms with Gasteiger partial charge in [-0.2, -0.15) is 0 Å². The van der Waals surface area contributed by atoms with Crippen LogP contribution in [0.15, 0.2) is 29.4 Å². The Labute approximate surface area is 151 Å². The van der Waals surface area contributed by atoms with Crippen LogP contribution < -0.4 is 4.90 Å². The average Bonchev–Trinajstić information content (AvgIpc) is 2.96. The van der Waals surface area contributed by atoms with Gasteiger partial charge in [0.2, 0.25) is 0 Å². The normalized spacial score (nSPS) is 12.6. The van der Waals surface area contributed by atoms with Crippen molar-refractivity contribution in [1.82, 2.24) is 14.8 Å². The summed E-state index contributed by atoms with van der Waals surface area (Å²) < 4.78 is 20.3. The standard InChI is InChI=1S/C17H23FN4O2S/c1-11(2)24-15(23)10-25-17-20-19-16(12(3)21(4)5)22(17)14-8-6-13(18)7-9-14/h6-9,11-12H,10H2,1-5H3/p+1/t12-/m0/s1. The topological polar surface area (TPSA) is 61.4 Å². The molecule has 0 aliphatic rings. The Bertz CT molecular complexity index is 716. The number of carbonyl (C=O) groups excluding carboxylic acids is 1. The molecule has 1 atom stereocenters. The summed E-state index contributed by atoms with van der Waals surface area (Å²) >= 11 is 1.26. The number of nitrogens with one attached hydrogen (secondary N) is 1. The molecule has 2 rings (SSSR count). The molecule has 0 amide bonds. The molecular formula is C17H24FN4O2S+. The molecule has 8 heteroatoms. The number of nitrogens with zero attached hydrogens (tertiary/aromatic N) is 3. The zero-order valence-corrected chi connectivity index (χ0v) is 15.9. The molecule has 0 fully saturated rings. The van der Waals surface area contributed by atoms with Gasteiger partial charge in [-0.3, -0.25) is 9.36 Å². The van der Waals surface area contributed by atoms with Crippen LogP contribution in [0.4, 0.5) is 4.39 Å². The van der Waals surface area contributed by atoms with Crippen LogP contribution >= 0.6 is 11.8 Å². The van der Waals surface area contributed by atoms with Gasteiger partial charge in [0.15, 0.2) is 11.0 Å². The molecule has 0 bridgehead atoms. The van der Waals surface area contributed by atoms with Gasteiger partial charge in [-0.15, -0.1) is 10.2 Å². The van der Waals surface area contributed by atoms with Gasteiger partial charge in [-0.1, -0.05) is 11.8 Å². The van der Waals surface area contributed by atoms with Gasteiger partial charge in [0.1, 0.15) is 11.9 Å². The summed E-state index contributed by atoms with van der Waals surface area (Å²) in [6.45, 7) is 5.66. The molecule has 0 radical (unpaired) electrons. The van der Waals surface area contributed by atoms with Crippen LogP contribution in [0.25, 0.3) is 5.69 Å². The van der Waals surface area contributed by atoms with E-state index in [0.717, 1.165) is 11.5 Å². The third-order valence-electron chi connectivity index (χ3n) is 3.68. The number of thioether (sulfide) groups is 1. The number of halogens is 1. The number of quaternary nitrogens is 1. The fourth-order valence-corrected chi connectivity index (χ4v) is 2.91. The van der Waals surface area contributed by atoms with Gasteiger partial charge in [-0.05, 0) is 45.0 Å². The molecule has 2 aromatic rings. The van der Waals surface area contributed by atoms with Crippen LogP contribution in [0.3, 0.4) is 0 Å². The minimum absolute atomic E-state index is 0.0783. The summed E-state index contributed by atoms with van der Waals surface area (Å²) in [7, 11) is 4.06. The Morgan fingerprint density at radius 1 is 1.24 bits per heavy atom. The van der Waals surface area contributed by atoms with Crippen LogP contribution in [0.1, 0.15) is 32.6 Å². The van der Waals surface area contributed by atoms with Crippen LogP contribution in [-0.2, 0) is 9.53 Å². The number of rotatable bonds is 7. The first-order chi connectivity index (χ1) is 11.8. The maximum absolute atomic E-state index is 13.3. The summed E-state index contributed by atoms with van der Waals surface area (Å²) in [5, 5.41) is 9.11. The Kier molecular flexibility index (Phi) is 6.55. The second-order valence-corrected chi connectivity index (χ2v) is 7.22. The summed E-state index contributed by atoms with van der Waals surface area (Å²) in [6.07, 6.45) is -0.156. The zero-order valence-electron chi connectivity index (χ0n) is 15.1. The third kappa shape index (κ3) is 5.02. The highest BCUT2D eigenvalue weighted by molar-refractivity contribution is 7.99. The minimum Gasteiger partial charge on any atom is -0.462 e. The lowest BCUT2D eigenvalue weighted by Crippen LogP contribution is -3.05. The lowest BCUT2D eigenvalue weighted by atomic mass is 10.2. The largest absolute Gasteiger partial charge is 0.462 e. The van der Waals surface area contributed by atoms with E-state index in [-0.39, 0.29) is 29.7 Å². The number of benzene rings is 1. The number of hydrogen-bond donors (Lipinski definition) is 1. The first-order valence-electron chi connectivity index (χ1n) is 8.13. The van der Waals surface area contributed by atoms with Gasteiger partial charge in [0, 0.05) is 5.69 Å². The van der Waals surface area contributed by atoms with E-state index in [1.807, 2.05) is 39.4 Å². The SMILES string of the molecule is CC(C)OC(=O)CSc1nnc([C@H](C)[NH+](C)C)n1-c1ccc(F)cc1. The van der Waals surface area contributed by atoms with E-state index in [4.69, 9.17) is 4.74 Å². The molecule has 1 heterocycles. The van der Waals surface area contributed by atoms with Crippen LogP contribution in [-0.4, -0.2) is 46.7 Å². The highest BCUT2D eigenvalue weighted by atomic mass is 32.2. The molecule has 6 nitrogen and oxygen atoms in total. The van der Waals surface area contributed by atoms with E-state index in [2.05, 4.69) is 10.2 Å². The molecule has 0 unspecified atom stereocenters. The number of hydrogen-bond acceptors (Lipinski definition) is 5. The van der Waals surface area contributed by atoms with E-state index in [1.54, 1.807) is 12.1 Å². The molecule has 0 aliphatic carbocycles. The average molecular weight is 367 g/mol.